The zero-order valence-electron chi connectivity index (χ0n) is 19.0. The minimum atomic E-state index is -0.888. The standard InChI is InChI=1S/C24H34N4O3S/c1-24(23(30)25-18-6-3-2-4-7-18)17-27-19-8-15-32-21(19)16-20(27)22(29)28(24)10-5-9-26-11-13-31-14-12-26/h8,15-16,18H,2-7,9-14,17H2,1H3,(H,25,30)/t24-/m0/s1. The van der Waals surface area contributed by atoms with Crippen LogP contribution in [0.1, 0.15) is 55.9 Å². The highest BCUT2D eigenvalue weighted by atomic mass is 32.1. The molecule has 5 rings (SSSR count). The molecule has 1 saturated carbocycles. The number of fused-ring (bicyclic) bond motifs is 3. The first-order valence-corrected chi connectivity index (χ1v) is 12.9. The minimum absolute atomic E-state index is 0.00754. The number of carbonyl (C=O) groups excluding carboxylic acids is 2. The van der Waals surface area contributed by atoms with Gasteiger partial charge in [0, 0.05) is 32.2 Å². The molecule has 1 saturated heterocycles. The van der Waals surface area contributed by atoms with E-state index in [2.05, 4.69) is 26.2 Å². The first kappa shape index (κ1) is 21.9. The maximum atomic E-state index is 13.7. The van der Waals surface area contributed by atoms with Gasteiger partial charge in [-0.3, -0.25) is 14.5 Å². The van der Waals surface area contributed by atoms with Crippen LogP contribution in [0.4, 0.5) is 0 Å². The number of rotatable bonds is 6. The number of thiophene rings is 1. The predicted octanol–water partition coefficient (Wildman–Crippen LogP) is 3.09. The normalized spacial score (nSPS) is 25.3. The molecule has 4 heterocycles. The van der Waals surface area contributed by atoms with Gasteiger partial charge in [0.15, 0.2) is 0 Å². The molecule has 1 aliphatic carbocycles. The molecule has 0 spiro atoms. The van der Waals surface area contributed by atoms with Crippen LogP contribution in [0.5, 0.6) is 0 Å². The van der Waals surface area contributed by atoms with E-state index in [4.69, 9.17) is 4.74 Å². The summed E-state index contributed by atoms with van der Waals surface area (Å²) in [6, 6.07) is 4.28. The van der Waals surface area contributed by atoms with Gasteiger partial charge >= 0.3 is 0 Å². The van der Waals surface area contributed by atoms with Gasteiger partial charge in [0.2, 0.25) is 5.91 Å². The van der Waals surface area contributed by atoms with E-state index in [9.17, 15) is 9.59 Å². The molecule has 1 N–H and O–H groups in total. The molecule has 0 unspecified atom stereocenters. The molecule has 7 nitrogen and oxygen atoms in total. The zero-order valence-corrected chi connectivity index (χ0v) is 19.8. The highest BCUT2D eigenvalue weighted by Gasteiger charge is 2.48. The van der Waals surface area contributed by atoms with E-state index >= 15 is 0 Å². The zero-order chi connectivity index (χ0) is 22.1. The largest absolute Gasteiger partial charge is 0.379 e. The molecule has 8 heteroatoms. The Morgan fingerprint density at radius 3 is 2.78 bits per heavy atom. The number of carbonyl (C=O) groups is 2. The molecule has 2 aromatic heterocycles. The molecule has 2 amide bonds. The first-order valence-electron chi connectivity index (χ1n) is 12.1. The third-order valence-corrected chi connectivity index (χ3v) is 8.29. The lowest BCUT2D eigenvalue weighted by Gasteiger charge is -2.45. The summed E-state index contributed by atoms with van der Waals surface area (Å²) < 4.78 is 8.62. The van der Waals surface area contributed by atoms with E-state index in [0.717, 1.165) is 62.3 Å². The summed E-state index contributed by atoms with van der Waals surface area (Å²) in [4.78, 5) is 31.6. The van der Waals surface area contributed by atoms with Gasteiger partial charge in [0.1, 0.15) is 11.2 Å². The molecule has 2 fully saturated rings. The molecule has 0 radical (unpaired) electrons. The van der Waals surface area contributed by atoms with E-state index in [1.54, 1.807) is 11.3 Å². The Balaban J connectivity index is 1.38. The molecule has 174 valence electrons. The quantitative estimate of drug-likeness (QED) is 0.723. The number of nitrogens with zero attached hydrogens (tertiary/aromatic N) is 3. The lowest BCUT2D eigenvalue weighted by atomic mass is 9.91. The van der Waals surface area contributed by atoms with Gasteiger partial charge in [-0.1, -0.05) is 19.3 Å². The average Bonchev–Trinajstić information content (AvgIpc) is 3.40. The molecule has 3 aliphatic rings. The fraction of sp³-hybridized carbons (Fsp3) is 0.667. The Labute approximate surface area is 193 Å². The van der Waals surface area contributed by atoms with Gasteiger partial charge in [0.25, 0.3) is 5.91 Å². The molecular formula is C24H34N4O3S. The van der Waals surface area contributed by atoms with Crippen LogP contribution in [0.25, 0.3) is 10.2 Å². The van der Waals surface area contributed by atoms with Crippen LogP contribution < -0.4 is 5.32 Å². The summed E-state index contributed by atoms with van der Waals surface area (Å²) in [6.07, 6.45) is 6.51. The van der Waals surface area contributed by atoms with Crippen molar-refractivity contribution in [3.05, 3.63) is 23.2 Å². The minimum Gasteiger partial charge on any atom is -0.379 e. The summed E-state index contributed by atoms with van der Waals surface area (Å²) in [5, 5.41) is 5.37. The van der Waals surface area contributed by atoms with E-state index in [1.165, 1.54) is 19.3 Å². The van der Waals surface area contributed by atoms with Crippen molar-refractivity contribution in [2.75, 3.05) is 39.4 Å². The van der Waals surface area contributed by atoms with Gasteiger partial charge < -0.3 is 19.5 Å². The van der Waals surface area contributed by atoms with Crippen molar-refractivity contribution in [2.45, 2.75) is 63.6 Å². The number of aromatic nitrogens is 1. The van der Waals surface area contributed by atoms with Crippen molar-refractivity contribution in [1.29, 1.82) is 0 Å². The third-order valence-electron chi connectivity index (χ3n) is 7.44. The van der Waals surface area contributed by atoms with Crippen LogP contribution in [-0.4, -0.2) is 77.2 Å². The van der Waals surface area contributed by atoms with Crippen molar-refractivity contribution < 1.29 is 14.3 Å². The summed E-state index contributed by atoms with van der Waals surface area (Å²) >= 11 is 1.65. The Hall–Kier alpha value is -1.90. The fourth-order valence-corrected chi connectivity index (χ4v) is 6.31. The van der Waals surface area contributed by atoms with Crippen LogP contribution in [0.3, 0.4) is 0 Å². The second-order valence-corrected chi connectivity index (χ2v) is 10.6. The lowest BCUT2D eigenvalue weighted by molar-refractivity contribution is -0.133. The van der Waals surface area contributed by atoms with Crippen molar-refractivity contribution in [3.63, 3.8) is 0 Å². The highest BCUT2D eigenvalue weighted by molar-refractivity contribution is 7.17. The van der Waals surface area contributed by atoms with Crippen LogP contribution in [0, 0.1) is 0 Å². The monoisotopic (exact) mass is 458 g/mol. The molecule has 0 bridgehead atoms. The number of hydrogen-bond acceptors (Lipinski definition) is 5. The Morgan fingerprint density at radius 2 is 2.00 bits per heavy atom. The molecule has 32 heavy (non-hydrogen) atoms. The van der Waals surface area contributed by atoms with Gasteiger partial charge in [-0.25, -0.2) is 0 Å². The van der Waals surface area contributed by atoms with Crippen LogP contribution >= 0.6 is 11.3 Å². The third kappa shape index (κ3) is 4.08. The summed E-state index contributed by atoms with van der Waals surface area (Å²) in [6.45, 7) is 7.39. The smallest absolute Gasteiger partial charge is 0.271 e. The van der Waals surface area contributed by atoms with Crippen LogP contribution in [0.15, 0.2) is 17.5 Å². The molecule has 2 aromatic rings. The maximum absolute atomic E-state index is 13.7. The van der Waals surface area contributed by atoms with E-state index in [1.807, 2.05) is 17.9 Å². The van der Waals surface area contributed by atoms with Crippen molar-refractivity contribution >= 4 is 33.4 Å². The highest BCUT2D eigenvalue weighted by Crippen LogP contribution is 2.34. The molecule has 1 atom stereocenters. The Kier molecular flexibility index (Phi) is 6.27. The van der Waals surface area contributed by atoms with E-state index in [0.29, 0.717) is 18.8 Å². The van der Waals surface area contributed by atoms with E-state index < -0.39 is 5.54 Å². The summed E-state index contributed by atoms with van der Waals surface area (Å²) in [5.74, 6) is -0.0326. The Bertz CT molecular complexity index is 973. The average molecular weight is 459 g/mol. The molecule has 0 aromatic carbocycles. The predicted molar refractivity (Wildman–Crippen MR) is 126 cm³/mol. The number of amides is 2. The second kappa shape index (κ2) is 9.15. The van der Waals surface area contributed by atoms with Gasteiger partial charge in [-0.05, 0) is 43.7 Å². The summed E-state index contributed by atoms with van der Waals surface area (Å²) in [7, 11) is 0. The van der Waals surface area contributed by atoms with Crippen molar-refractivity contribution in [1.82, 2.24) is 19.7 Å². The number of morpholine rings is 1. The van der Waals surface area contributed by atoms with Gasteiger partial charge in [0.05, 0.1) is 30.0 Å². The van der Waals surface area contributed by atoms with Crippen LogP contribution in [0.2, 0.25) is 0 Å². The number of nitrogens with one attached hydrogen (secondary N) is 1. The topological polar surface area (TPSA) is 66.8 Å². The molecule has 2 aliphatic heterocycles. The number of hydrogen-bond donors (Lipinski definition) is 1. The SMILES string of the molecule is C[C@@]1(C(=O)NC2CCCCC2)Cn2c(cc3sccc32)C(=O)N1CCCN1CCOCC1. The lowest BCUT2D eigenvalue weighted by Crippen LogP contribution is -2.65. The number of ether oxygens (including phenoxy) is 1. The Morgan fingerprint density at radius 1 is 1.22 bits per heavy atom. The molecular weight excluding hydrogens is 424 g/mol. The van der Waals surface area contributed by atoms with Crippen molar-refractivity contribution in [3.8, 4) is 0 Å². The fourth-order valence-electron chi connectivity index (χ4n) is 5.49. The van der Waals surface area contributed by atoms with E-state index in [-0.39, 0.29) is 17.9 Å². The second-order valence-electron chi connectivity index (χ2n) is 9.63. The summed E-state index contributed by atoms with van der Waals surface area (Å²) in [5.41, 5.74) is 0.879. The maximum Gasteiger partial charge on any atom is 0.271 e. The van der Waals surface area contributed by atoms with Crippen molar-refractivity contribution in [2.24, 2.45) is 0 Å². The van der Waals surface area contributed by atoms with Gasteiger partial charge in [-0.15, -0.1) is 11.3 Å². The first-order chi connectivity index (χ1) is 15.6. The van der Waals surface area contributed by atoms with Crippen LogP contribution in [-0.2, 0) is 16.1 Å². The van der Waals surface area contributed by atoms with Gasteiger partial charge in [-0.2, -0.15) is 0 Å².